The van der Waals surface area contributed by atoms with Crippen LogP contribution in [-0.4, -0.2) is 0 Å². The molecule has 0 amide bonds. The number of anilines is 2. The second-order valence-electron chi connectivity index (χ2n) is 13.3. The van der Waals surface area contributed by atoms with Crippen molar-refractivity contribution in [2.75, 3.05) is 4.90 Å². The molecule has 0 fully saturated rings. The monoisotopic (exact) mass is 605 g/mol. The highest BCUT2D eigenvalue weighted by atomic mass is 15.1. The molecule has 228 valence electrons. The van der Waals surface area contributed by atoms with E-state index in [2.05, 4.69) is 178 Å². The third-order valence-corrected chi connectivity index (χ3v) is 9.75. The SMILES string of the molecule is C=C\C=C/C=C\C=C(/C=C/C=C/c1ccc2c(c1)C(C)(C)C1=C2C=C=C1)N(c1ccccc1)c1ccc2c(c1)C(C)(C)C1=C2C=C=C1. The van der Waals surface area contributed by atoms with Crippen molar-refractivity contribution in [1.29, 1.82) is 0 Å². The minimum absolute atomic E-state index is 0.0184. The third-order valence-electron chi connectivity index (χ3n) is 9.75. The first kappa shape index (κ1) is 30.1. The van der Waals surface area contributed by atoms with Gasteiger partial charge in [-0.25, -0.2) is 0 Å². The smallest absolute Gasteiger partial charge is 0.0465 e. The van der Waals surface area contributed by atoms with Crippen LogP contribution in [0.1, 0.15) is 55.5 Å². The first-order valence-corrected chi connectivity index (χ1v) is 16.3. The number of hydrogen-bond donors (Lipinski definition) is 0. The van der Waals surface area contributed by atoms with Gasteiger partial charge in [0.15, 0.2) is 0 Å². The highest BCUT2D eigenvalue weighted by molar-refractivity contribution is 5.91. The number of benzene rings is 3. The van der Waals surface area contributed by atoms with Crippen molar-refractivity contribution >= 4 is 28.6 Å². The summed E-state index contributed by atoms with van der Waals surface area (Å²) in [5, 5.41) is 0. The van der Waals surface area contributed by atoms with Crippen molar-refractivity contribution in [3.63, 3.8) is 0 Å². The molecule has 3 aromatic carbocycles. The zero-order valence-electron chi connectivity index (χ0n) is 27.6. The van der Waals surface area contributed by atoms with E-state index in [0.29, 0.717) is 0 Å². The Hall–Kier alpha value is -5.58. The van der Waals surface area contributed by atoms with E-state index in [4.69, 9.17) is 0 Å². The quantitative estimate of drug-likeness (QED) is 0.173. The minimum atomic E-state index is -0.0897. The molecule has 47 heavy (non-hydrogen) atoms. The zero-order valence-corrected chi connectivity index (χ0v) is 27.6. The number of nitrogens with zero attached hydrogens (tertiary/aromatic N) is 1. The van der Waals surface area contributed by atoms with Crippen molar-refractivity contribution in [2.45, 2.75) is 38.5 Å². The van der Waals surface area contributed by atoms with Gasteiger partial charge in [-0.15, -0.1) is 11.5 Å². The molecule has 0 aromatic heterocycles. The molecule has 7 rings (SSSR count). The molecule has 0 N–H and O–H groups in total. The molecule has 1 heteroatoms. The Morgan fingerprint density at radius 1 is 0.638 bits per heavy atom. The van der Waals surface area contributed by atoms with Crippen LogP contribution in [0.5, 0.6) is 0 Å². The molecular weight excluding hydrogens is 567 g/mol. The molecule has 0 atom stereocenters. The molecule has 4 aliphatic rings. The van der Waals surface area contributed by atoms with Gasteiger partial charge < -0.3 is 4.90 Å². The van der Waals surface area contributed by atoms with E-state index in [9.17, 15) is 0 Å². The number of hydrogen-bond acceptors (Lipinski definition) is 1. The van der Waals surface area contributed by atoms with Crippen LogP contribution in [0.3, 0.4) is 0 Å². The zero-order chi connectivity index (χ0) is 32.6. The molecule has 0 saturated heterocycles. The van der Waals surface area contributed by atoms with E-state index in [1.54, 1.807) is 6.08 Å². The lowest BCUT2D eigenvalue weighted by atomic mass is 9.81. The van der Waals surface area contributed by atoms with Crippen LogP contribution in [0.2, 0.25) is 0 Å². The van der Waals surface area contributed by atoms with Crippen LogP contribution >= 0.6 is 0 Å². The molecule has 0 radical (unpaired) electrons. The fraction of sp³-hybridized carbons (Fsp3) is 0.130. The summed E-state index contributed by atoms with van der Waals surface area (Å²) in [7, 11) is 0. The summed E-state index contributed by atoms with van der Waals surface area (Å²) in [5.74, 6) is 0. The van der Waals surface area contributed by atoms with Gasteiger partial charge in [0.1, 0.15) is 0 Å². The predicted molar refractivity (Wildman–Crippen MR) is 201 cm³/mol. The summed E-state index contributed by atoms with van der Waals surface area (Å²) in [4.78, 5) is 2.34. The lowest BCUT2D eigenvalue weighted by Gasteiger charge is -2.29. The molecule has 1 nitrogen and oxygen atoms in total. The molecule has 3 aromatic rings. The van der Waals surface area contributed by atoms with Gasteiger partial charge in [0.05, 0.1) is 0 Å². The summed E-state index contributed by atoms with van der Waals surface area (Å²) in [6, 6.07) is 24.3. The maximum atomic E-state index is 3.80. The van der Waals surface area contributed by atoms with Crippen molar-refractivity contribution in [3.05, 3.63) is 208 Å². The average Bonchev–Trinajstić information content (AvgIpc) is 3.85. The molecular formula is C46H39N. The summed E-state index contributed by atoms with van der Waals surface area (Å²) in [6.45, 7) is 13.0. The predicted octanol–water partition coefficient (Wildman–Crippen LogP) is 11.8. The minimum Gasteiger partial charge on any atom is -0.310 e. The Bertz CT molecular complexity index is 2150. The van der Waals surface area contributed by atoms with Gasteiger partial charge in [-0.2, -0.15) is 0 Å². The van der Waals surface area contributed by atoms with E-state index in [1.807, 2.05) is 18.2 Å². The van der Waals surface area contributed by atoms with Crippen molar-refractivity contribution in [2.24, 2.45) is 0 Å². The van der Waals surface area contributed by atoms with Crippen LogP contribution in [0.15, 0.2) is 181 Å². The highest BCUT2D eigenvalue weighted by Crippen LogP contribution is 2.51. The molecule has 0 bridgehead atoms. The van der Waals surface area contributed by atoms with Gasteiger partial charge in [-0.3, -0.25) is 0 Å². The maximum absolute atomic E-state index is 3.80. The third kappa shape index (κ3) is 5.27. The molecule has 0 saturated carbocycles. The van der Waals surface area contributed by atoms with Crippen LogP contribution in [0.25, 0.3) is 17.2 Å². The van der Waals surface area contributed by atoms with Gasteiger partial charge in [-0.05, 0) is 111 Å². The molecule has 0 aliphatic heterocycles. The number of para-hydroxylation sites is 1. The Morgan fingerprint density at radius 3 is 1.96 bits per heavy atom. The van der Waals surface area contributed by atoms with Crippen LogP contribution in [0, 0.1) is 0 Å². The standard InChI is InChI=1S/C46H39N/c1-6-7-8-9-11-19-35(22-15-14-18-33-27-29-39-37-23-16-25-41(37)45(2,3)43(39)31-33)47(34-20-12-10-13-21-34)36-28-30-40-38-24-17-26-42(38)46(4,5)44(40)32-36/h6-15,18-32H,1H2,2-5H3/b8-7-,11-9-,18-14+,22-15+,35-19+. The van der Waals surface area contributed by atoms with E-state index in [0.717, 1.165) is 17.1 Å². The topological polar surface area (TPSA) is 3.24 Å². The van der Waals surface area contributed by atoms with Crippen molar-refractivity contribution in [3.8, 4) is 0 Å². The van der Waals surface area contributed by atoms with E-state index >= 15 is 0 Å². The second-order valence-corrected chi connectivity index (χ2v) is 13.3. The molecule has 0 heterocycles. The number of fused-ring (bicyclic) bond motifs is 4. The van der Waals surface area contributed by atoms with Gasteiger partial charge in [0, 0.05) is 27.9 Å². The van der Waals surface area contributed by atoms with E-state index < -0.39 is 0 Å². The maximum Gasteiger partial charge on any atom is 0.0465 e. The number of allylic oxidation sites excluding steroid dienone is 15. The van der Waals surface area contributed by atoms with Gasteiger partial charge in [-0.1, -0.05) is 125 Å². The van der Waals surface area contributed by atoms with E-state index in [-0.39, 0.29) is 10.8 Å². The Kier molecular flexibility index (Phi) is 7.67. The molecule has 0 spiro atoms. The number of rotatable bonds is 9. The van der Waals surface area contributed by atoms with Gasteiger partial charge >= 0.3 is 0 Å². The second kappa shape index (κ2) is 12.0. The molecule has 4 aliphatic carbocycles. The Labute approximate surface area is 279 Å². The summed E-state index contributed by atoms with van der Waals surface area (Å²) >= 11 is 0. The van der Waals surface area contributed by atoms with Gasteiger partial charge in [0.2, 0.25) is 0 Å². The summed E-state index contributed by atoms with van der Waals surface area (Å²) < 4.78 is 0. The van der Waals surface area contributed by atoms with Crippen LogP contribution in [-0.2, 0) is 10.8 Å². The van der Waals surface area contributed by atoms with Crippen LogP contribution < -0.4 is 4.90 Å². The Morgan fingerprint density at radius 2 is 1.28 bits per heavy atom. The first-order valence-electron chi connectivity index (χ1n) is 16.3. The normalized spacial score (nSPS) is 18.1. The summed E-state index contributed by atoms with van der Waals surface area (Å²) in [6.07, 6.45) is 29.2. The van der Waals surface area contributed by atoms with Crippen LogP contribution in [0.4, 0.5) is 11.4 Å². The summed E-state index contributed by atoms with van der Waals surface area (Å²) in [5.41, 5.74) is 21.6. The lowest BCUT2D eigenvalue weighted by Crippen LogP contribution is -2.19. The Balaban J connectivity index is 1.24. The largest absolute Gasteiger partial charge is 0.310 e. The fourth-order valence-corrected chi connectivity index (χ4v) is 7.25. The van der Waals surface area contributed by atoms with Gasteiger partial charge in [0.25, 0.3) is 0 Å². The average molecular weight is 606 g/mol. The van der Waals surface area contributed by atoms with E-state index in [1.165, 1.54) is 50.1 Å². The van der Waals surface area contributed by atoms with Crippen molar-refractivity contribution in [1.82, 2.24) is 0 Å². The lowest BCUT2D eigenvalue weighted by molar-refractivity contribution is 0.654. The fourth-order valence-electron chi connectivity index (χ4n) is 7.25. The molecule has 0 unspecified atom stereocenters. The van der Waals surface area contributed by atoms with Crippen molar-refractivity contribution < 1.29 is 0 Å². The first-order chi connectivity index (χ1) is 22.8. The highest BCUT2D eigenvalue weighted by Gasteiger charge is 2.38.